The van der Waals surface area contributed by atoms with Crippen LogP contribution in [0.2, 0.25) is 36.3 Å². The normalized spacial score (nSPS) is 16.6. The molecular formula is C24H44BrClO3Si2. The van der Waals surface area contributed by atoms with Gasteiger partial charge in [0.2, 0.25) is 5.79 Å². The average molecular weight is 552 g/mol. The molecule has 0 bridgehead atoms. The van der Waals surface area contributed by atoms with E-state index < -0.39 is 21.5 Å². The molecule has 1 aliphatic rings. The summed E-state index contributed by atoms with van der Waals surface area (Å²) in [4.78, 5) is 0. The molecule has 0 amide bonds. The number of fused-ring (bicyclic) bond motifs is 1. The molecule has 0 unspecified atom stereocenters. The van der Waals surface area contributed by atoms with Gasteiger partial charge in [0.1, 0.15) is 5.75 Å². The highest BCUT2D eigenvalue weighted by atomic mass is 79.9. The van der Waals surface area contributed by atoms with Gasteiger partial charge in [-0.25, -0.2) is 0 Å². The van der Waals surface area contributed by atoms with Crippen LogP contribution in [-0.2, 0) is 15.8 Å². The molecule has 31 heavy (non-hydrogen) atoms. The van der Waals surface area contributed by atoms with Gasteiger partial charge in [-0.3, -0.25) is 0 Å². The van der Waals surface area contributed by atoms with Crippen LogP contribution in [0.3, 0.4) is 0 Å². The third-order valence-corrected chi connectivity index (χ3v) is 18.2. The fourth-order valence-electron chi connectivity index (χ4n) is 3.80. The second-order valence-electron chi connectivity index (χ2n) is 8.87. The van der Waals surface area contributed by atoms with Crippen molar-refractivity contribution in [1.82, 2.24) is 0 Å². The van der Waals surface area contributed by atoms with E-state index in [1.54, 1.807) is 0 Å². The van der Waals surface area contributed by atoms with Crippen LogP contribution >= 0.6 is 27.0 Å². The molecule has 0 N–H and O–H groups in total. The maximum Gasteiger partial charge on any atom is 0.205 e. The lowest BCUT2D eigenvalue weighted by Gasteiger charge is -2.35. The summed E-state index contributed by atoms with van der Waals surface area (Å²) in [7, 11) is -2.83. The third-order valence-electron chi connectivity index (χ3n) is 6.75. The van der Waals surface area contributed by atoms with Crippen LogP contribution in [0.4, 0.5) is 0 Å². The van der Waals surface area contributed by atoms with Gasteiger partial charge in [0.05, 0.1) is 12.7 Å². The number of benzene rings is 1. The molecule has 0 fully saturated rings. The van der Waals surface area contributed by atoms with Crippen molar-refractivity contribution in [3.8, 4) is 5.75 Å². The first kappa shape index (κ1) is 29.2. The van der Waals surface area contributed by atoms with Gasteiger partial charge < -0.3 is 13.9 Å². The van der Waals surface area contributed by atoms with Gasteiger partial charge in [-0.2, -0.15) is 11.1 Å². The largest absolute Gasteiger partial charge is 0.463 e. The Balaban J connectivity index is 0.000000512. The van der Waals surface area contributed by atoms with E-state index in [1.165, 1.54) is 23.7 Å². The van der Waals surface area contributed by atoms with Crippen LogP contribution in [0.1, 0.15) is 72.6 Å². The van der Waals surface area contributed by atoms with Crippen molar-refractivity contribution in [3.05, 3.63) is 29.3 Å². The second-order valence-corrected chi connectivity index (χ2v) is 21.1. The summed E-state index contributed by atoms with van der Waals surface area (Å²) >= 11 is 9.87. The minimum Gasteiger partial charge on any atom is -0.463 e. The first-order valence-electron chi connectivity index (χ1n) is 11.9. The maximum atomic E-state index is 6.66. The molecule has 1 atom stereocenters. The van der Waals surface area contributed by atoms with Crippen molar-refractivity contribution in [2.24, 2.45) is 0 Å². The molecule has 0 radical (unpaired) electrons. The van der Waals surface area contributed by atoms with Gasteiger partial charge in [0, 0.05) is 24.7 Å². The molecule has 0 spiro atoms. The van der Waals surface area contributed by atoms with Crippen LogP contribution in [0.5, 0.6) is 5.75 Å². The Morgan fingerprint density at radius 2 is 1.55 bits per heavy atom. The molecule has 0 aliphatic carbocycles. The molecule has 0 saturated heterocycles. The monoisotopic (exact) mass is 550 g/mol. The van der Waals surface area contributed by atoms with E-state index in [-0.39, 0.29) is 6.10 Å². The fourth-order valence-corrected chi connectivity index (χ4v) is 8.87. The predicted molar refractivity (Wildman–Crippen MR) is 144 cm³/mol. The topological polar surface area (TPSA) is 27.7 Å². The minimum atomic E-state index is -1.64. The molecule has 1 heterocycles. The average Bonchev–Trinajstić information content (AvgIpc) is 2.79. The van der Waals surface area contributed by atoms with Crippen molar-refractivity contribution in [1.29, 1.82) is 0 Å². The highest BCUT2D eigenvalue weighted by Crippen LogP contribution is 2.36. The Kier molecular flexibility index (Phi) is 12.4. The van der Waals surface area contributed by atoms with Gasteiger partial charge in [-0.1, -0.05) is 63.5 Å². The van der Waals surface area contributed by atoms with Gasteiger partial charge in [-0.15, -0.1) is 0 Å². The lowest BCUT2D eigenvalue weighted by atomic mass is 10.1. The smallest absolute Gasteiger partial charge is 0.205 e. The first-order chi connectivity index (χ1) is 14.6. The summed E-state index contributed by atoms with van der Waals surface area (Å²) in [5.74, 6) is 0.373. The maximum absolute atomic E-state index is 6.66. The molecule has 1 aromatic carbocycles. The molecule has 2 rings (SSSR count). The van der Waals surface area contributed by atoms with Crippen molar-refractivity contribution < 1.29 is 13.9 Å². The van der Waals surface area contributed by atoms with Crippen molar-refractivity contribution >= 4 is 42.7 Å². The van der Waals surface area contributed by atoms with E-state index in [2.05, 4.69) is 75.7 Å². The summed E-state index contributed by atoms with van der Waals surface area (Å²) in [5, 5.41) is 0.813. The van der Waals surface area contributed by atoms with Crippen LogP contribution in [0.15, 0.2) is 18.2 Å². The fraction of sp³-hybridized carbons (Fsp3) is 0.750. The van der Waals surface area contributed by atoms with Gasteiger partial charge in [0.15, 0.2) is 15.7 Å². The first-order valence-corrected chi connectivity index (χ1v) is 19.2. The zero-order valence-corrected chi connectivity index (χ0v) is 25.3. The Labute approximate surface area is 206 Å². The van der Waals surface area contributed by atoms with Crippen molar-refractivity contribution in [2.75, 3.05) is 5.33 Å². The van der Waals surface area contributed by atoms with Crippen LogP contribution < -0.4 is 4.74 Å². The van der Waals surface area contributed by atoms with Crippen LogP contribution in [0.25, 0.3) is 0 Å². The number of alkyl halides is 1. The van der Waals surface area contributed by atoms with E-state index in [1.807, 2.05) is 13.8 Å². The Bertz CT molecular complexity index is 648. The van der Waals surface area contributed by atoms with E-state index in [0.29, 0.717) is 6.61 Å². The SMILES string of the molecule is CC[Si](CC)(CC)O[C@@H](CBr)c1ccc2c(c1)COC(C)(C)O2.CC[Si](Cl)(CC)CC. The summed E-state index contributed by atoms with van der Waals surface area (Å²) in [6.45, 7) is 17.9. The van der Waals surface area contributed by atoms with E-state index in [9.17, 15) is 0 Å². The predicted octanol–water partition coefficient (Wildman–Crippen LogP) is 9.02. The highest BCUT2D eigenvalue weighted by molar-refractivity contribution is 9.09. The van der Waals surface area contributed by atoms with Crippen LogP contribution in [0, 0.1) is 0 Å². The van der Waals surface area contributed by atoms with Crippen LogP contribution in [-0.4, -0.2) is 26.8 Å². The lowest BCUT2D eigenvalue weighted by molar-refractivity contribution is -0.180. The number of halogens is 2. The summed E-state index contributed by atoms with van der Waals surface area (Å²) in [6, 6.07) is 13.5. The zero-order valence-electron chi connectivity index (χ0n) is 20.9. The van der Waals surface area contributed by atoms with E-state index in [4.69, 9.17) is 25.0 Å². The van der Waals surface area contributed by atoms with E-state index >= 15 is 0 Å². The number of rotatable bonds is 10. The zero-order chi connectivity index (χ0) is 23.7. The highest BCUT2D eigenvalue weighted by Gasteiger charge is 2.33. The number of ether oxygens (including phenoxy) is 2. The molecule has 1 aliphatic heterocycles. The molecule has 180 valence electrons. The standard InChI is InChI=1S/C18H29BrO3Si.C6H15ClSi/c1-6-23(7-2,8-3)22-17(12-19)14-9-10-16-15(11-14)13-20-18(4,5)21-16;1-4-8(7,5-2)6-3/h9-11,17H,6-8,12-13H2,1-5H3;4-6H2,1-3H3/t17-;/m0./s1. The Morgan fingerprint density at radius 3 is 1.97 bits per heavy atom. The Morgan fingerprint density at radius 1 is 1.00 bits per heavy atom. The molecule has 0 aromatic heterocycles. The number of hydrogen-bond acceptors (Lipinski definition) is 3. The summed E-state index contributed by atoms with van der Waals surface area (Å²) in [6.07, 6.45) is 0.0988. The third kappa shape index (κ3) is 8.45. The minimum absolute atomic E-state index is 0.0988. The van der Waals surface area contributed by atoms with Gasteiger partial charge in [-0.05, 0) is 54.0 Å². The quantitative estimate of drug-likeness (QED) is 0.165. The lowest BCUT2D eigenvalue weighted by Crippen LogP contribution is -2.38. The molecule has 0 saturated carbocycles. The summed E-state index contributed by atoms with van der Waals surface area (Å²) in [5.41, 5.74) is 2.31. The van der Waals surface area contributed by atoms with Crippen molar-refractivity contribution in [2.45, 2.75) is 110 Å². The molecular weight excluding hydrogens is 508 g/mol. The molecule has 1 aromatic rings. The van der Waals surface area contributed by atoms with Gasteiger partial charge in [0.25, 0.3) is 0 Å². The summed E-state index contributed by atoms with van der Waals surface area (Å²) < 4.78 is 18.3. The molecule has 3 nitrogen and oxygen atoms in total. The van der Waals surface area contributed by atoms with E-state index in [0.717, 1.165) is 34.8 Å². The second kappa shape index (κ2) is 13.1. The Hall–Kier alpha value is 0.144. The van der Waals surface area contributed by atoms with Crippen molar-refractivity contribution in [3.63, 3.8) is 0 Å². The van der Waals surface area contributed by atoms with Gasteiger partial charge >= 0.3 is 0 Å². The molecule has 7 heteroatoms. The number of hydrogen-bond donors (Lipinski definition) is 0.